The SMILES string of the molecule is Cc1ccc(S(=O)(=O)N(CC(=O)N(Cc2cccc(Br)c2)[C@@H](C)C(=O)NC2CCCCC2)c2ccc(Cl)c(C(F)(F)F)c2)cc1. The van der Waals surface area contributed by atoms with Gasteiger partial charge in [0.1, 0.15) is 12.6 Å². The first-order chi connectivity index (χ1) is 21.2. The molecule has 0 heterocycles. The number of alkyl halides is 3. The fraction of sp³-hybridized carbons (Fsp3) is 0.375. The molecule has 0 saturated heterocycles. The van der Waals surface area contributed by atoms with Crippen LogP contribution in [0.4, 0.5) is 18.9 Å². The van der Waals surface area contributed by atoms with E-state index in [-0.39, 0.29) is 17.5 Å². The first-order valence-corrected chi connectivity index (χ1v) is 17.1. The molecular formula is C32H34BrClF3N3O4S. The monoisotopic (exact) mass is 727 g/mol. The molecule has 0 spiro atoms. The molecule has 0 aliphatic heterocycles. The van der Waals surface area contributed by atoms with Gasteiger partial charge in [0.15, 0.2) is 0 Å². The van der Waals surface area contributed by atoms with Gasteiger partial charge in [-0.05, 0) is 74.7 Å². The lowest BCUT2D eigenvalue weighted by atomic mass is 9.95. The predicted octanol–water partition coefficient (Wildman–Crippen LogP) is 7.49. The largest absolute Gasteiger partial charge is 0.417 e. The Bertz CT molecular complexity index is 1630. The molecule has 0 bridgehead atoms. The van der Waals surface area contributed by atoms with Gasteiger partial charge in [-0.1, -0.05) is 76.6 Å². The number of rotatable bonds is 10. The van der Waals surface area contributed by atoms with Crippen molar-refractivity contribution in [3.05, 3.63) is 92.9 Å². The molecule has 0 radical (unpaired) electrons. The minimum atomic E-state index is -4.88. The average molecular weight is 729 g/mol. The maximum absolute atomic E-state index is 14.1. The highest BCUT2D eigenvalue weighted by Gasteiger charge is 2.37. The van der Waals surface area contributed by atoms with Gasteiger partial charge in [-0.3, -0.25) is 13.9 Å². The molecule has 45 heavy (non-hydrogen) atoms. The Labute approximate surface area is 274 Å². The van der Waals surface area contributed by atoms with Crippen LogP contribution < -0.4 is 9.62 Å². The second-order valence-corrected chi connectivity index (χ2v) is 14.3. The van der Waals surface area contributed by atoms with Gasteiger partial charge >= 0.3 is 6.18 Å². The lowest BCUT2D eigenvalue weighted by molar-refractivity contribution is -0.139. The number of nitrogens with one attached hydrogen (secondary N) is 1. The maximum Gasteiger partial charge on any atom is 0.417 e. The summed E-state index contributed by atoms with van der Waals surface area (Å²) in [6, 6.07) is 14.4. The molecule has 1 atom stereocenters. The van der Waals surface area contributed by atoms with Gasteiger partial charge in [0.25, 0.3) is 10.0 Å². The summed E-state index contributed by atoms with van der Waals surface area (Å²) in [5.41, 5.74) is -0.221. The van der Waals surface area contributed by atoms with Crippen molar-refractivity contribution < 1.29 is 31.2 Å². The number of halogens is 5. The lowest BCUT2D eigenvalue weighted by Gasteiger charge is -2.33. The van der Waals surface area contributed by atoms with Crippen molar-refractivity contribution in [2.24, 2.45) is 0 Å². The maximum atomic E-state index is 14.1. The van der Waals surface area contributed by atoms with Crippen molar-refractivity contribution >= 4 is 55.1 Å². The smallest absolute Gasteiger partial charge is 0.352 e. The summed E-state index contributed by atoms with van der Waals surface area (Å²) in [6.45, 7) is 2.39. The standard InChI is InChI=1S/C32H34BrClF3N3O4S/c1-21-11-14-27(15-12-21)45(43,44)40(26-13-16-29(34)28(18-26)32(35,36)37)20-30(41)39(19-23-7-6-8-24(33)17-23)22(2)31(42)38-25-9-4-3-5-10-25/h6-8,11-18,22,25H,3-5,9-10,19-20H2,1-2H3,(H,38,42)/t22-/m0/s1. The van der Waals surface area contributed by atoms with E-state index in [1.807, 2.05) is 0 Å². The van der Waals surface area contributed by atoms with Crippen LogP contribution in [0.25, 0.3) is 0 Å². The van der Waals surface area contributed by atoms with Crippen LogP contribution >= 0.6 is 27.5 Å². The van der Waals surface area contributed by atoms with Gasteiger partial charge in [0.05, 0.1) is 21.2 Å². The van der Waals surface area contributed by atoms with E-state index in [1.54, 1.807) is 50.2 Å². The fourth-order valence-electron chi connectivity index (χ4n) is 5.24. The summed E-state index contributed by atoms with van der Waals surface area (Å²) in [5, 5.41) is 2.40. The third kappa shape index (κ3) is 8.80. The molecule has 13 heteroatoms. The van der Waals surface area contributed by atoms with Crippen molar-refractivity contribution in [3.63, 3.8) is 0 Å². The van der Waals surface area contributed by atoms with E-state index in [0.29, 0.717) is 15.9 Å². The zero-order chi connectivity index (χ0) is 32.9. The van der Waals surface area contributed by atoms with Crippen LogP contribution in [0.2, 0.25) is 5.02 Å². The number of nitrogens with zero attached hydrogens (tertiary/aromatic N) is 2. The third-order valence-corrected chi connectivity index (χ3v) is 10.4. The summed E-state index contributed by atoms with van der Waals surface area (Å²) >= 11 is 9.24. The van der Waals surface area contributed by atoms with Crippen molar-refractivity contribution in [2.45, 2.75) is 75.7 Å². The molecule has 1 aliphatic carbocycles. The molecule has 3 aromatic rings. The second kappa shape index (κ2) is 14.6. The van der Waals surface area contributed by atoms with Crippen LogP contribution in [-0.4, -0.2) is 43.8 Å². The van der Waals surface area contributed by atoms with Gasteiger partial charge in [0.2, 0.25) is 11.8 Å². The summed E-state index contributed by atoms with van der Waals surface area (Å²) < 4.78 is 70.8. The molecule has 3 aromatic carbocycles. The number of carbonyl (C=O) groups is 2. The Balaban J connectivity index is 1.75. The third-order valence-electron chi connectivity index (χ3n) is 7.79. The van der Waals surface area contributed by atoms with Gasteiger partial charge < -0.3 is 10.2 Å². The van der Waals surface area contributed by atoms with Crippen molar-refractivity contribution in [3.8, 4) is 0 Å². The number of hydrogen-bond acceptors (Lipinski definition) is 4. The molecule has 4 rings (SSSR count). The van der Waals surface area contributed by atoms with Crippen LogP contribution in [-0.2, 0) is 32.3 Å². The minimum absolute atomic E-state index is 0.0372. The van der Waals surface area contributed by atoms with E-state index < -0.39 is 56.9 Å². The molecule has 2 amide bonds. The summed E-state index contributed by atoms with van der Waals surface area (Å²) in [7, 11) is -4.56. The molecule has 7 nitrogen and oxygen atoms in total. The highest BCUT2D eigenvalue weighted by molar-refractivity contribution is 9.10. The van der Waals surface area contributed by atoms with Crippen LogP contribution in [0.1, 0.15) is 55.7 Å². The summed E-state index contributed by atoms with van der Waals surface area (Å²) in [4.78, 5) is 28.6. The number of anilines is 1. The van der Waals surface area contributed by atoms with Crippen molar-refractivity contribution in [2.75, 3.05) is 10.8 Å². The molecule has 1 N–H and O–H groups in total. The Kier molecular flexibility index (Phi) is 11.2. The highest BCUT2D eigenvalue weighted by Crippen LogP contribution is 2.38. The predicted molar refractivity (Wildman–Crippen MR) is 171 cm³/mol. The highest BCUT2D eigenvalue weighted by atomic mass is 79.9. The first kappa shape index (κ1) is 34.8. The molecule has 242 valence electrons. The first-order valence-electron chi connectivity index (χ1n) is 14.5. The van der Waals surface area contributed by atoms with Gasteiger partial charge in [-0.2, -0.15) is 13.2 Å². The molecule has 1 fully saturated rings. The van der Waals surface area contributed by atoms with E-state index in [0.717, 1.165) is 54.3 Å². The second-order valence-electron chi connectivity index (χ2n) is 11.2. The zero-order valence-corrected chi connectivity index (χ0v) is 27.9. The number of hydrogen-bond donors (Lipinski definition) is 1. The van der Waals surface area contributed by atoms with E-state index in [4.69, 9.17) is 11.6 Å². The fourth-order valence-corrected chi connectivity index (χ4v) is 7.31. The zero-order valence-electron chi connectivity index (χ0n) is 24.8. The Morgan fingerprint density at radius 2 is 1.69 bits per heavy atom. The molecular weight excluding hydrogens is 695 g/mol. The van der Waals surface area contributed by atoms with Crippen molar-refractivity contribution in [1.29, 1.82) is 0 Å². The topological polar surface area (TPSA) is 86.8 Å². The van der Waals surface area contributed by atoms with Gasteiger partial charge in [-0.15, -0.1) is 0 Å². The van der Waals surface area contributed by atoms with Gasteiger partial charge in [0, 0.05) is 17.1 Å². The van der Waals surface area contributed by atoms with E-state index in [2.05, 4.69) is 21.2 Å². The molecule has 0 aromatic heterocycles. The normalized spacial score (nSPS) is 14.9. The molecule has 1 aliphatic rings. The summed E-state index contributed by atoms with van der Waals surface area (Å²) in [6.07, 6.45) is -0.201. The summed E-state index contributed by atoms with van der Waals surface area (Å²) in [5.74, 6) is -1.18. The van der Waals surface area contributed by atoms with Crippen LogP contribution in [0.3, 0.4) is 0 Å². The van der Waals surface area contributed by atoms with Crippen LogP contribution in [0.5, 0.6) is 0 Å². The van der Waals surface area contributed by atoms with E-state index in [1.165, 1.54) is 17.0 Å². The Hall–Kier alpha value is -3.09. The molecule has 0 unspecified atom stereocenters. The number of benzene rings is 3. The van der Waals surface area contributed by atoms with Crippen LogP contribution in [0, 0.1) is 6.92 Å². The number of carbonyl (C=O) groups excluding carboxylic acids is 2. The molecule has 1 saturated carbocycles. The Morgan fingerprint density at radius 1 is 1.02 bits per heavy atom. The average Bonchev–Trinajstić information content (AvgIpc) is 2.98. The number of aryl methyl sites for hydroxylation is 1. The lowest BCUT2D eigenvalue weighted by Crippen LogP contribution is -2.53. The number of sulfonamides is 1. The van der Waals surface area contributed by atoms with Crippen molar-refractivity contribution in [1.82, 2.24) is 10.2 Å². The van der Waals surface area contributed by atoms with Crippen LogP contribution in [0.15, 0.2) is 76.1 Å². The number of amides is 2. The van der Waals surface area contributed by atoms with E-state index in [9.17, 15) is 31.2 Å². The van der Waals surface area contributed by atoms with Gasteiger partial charge in [-0.25, -0.2) is 8.42 Å². The quantitative estimate of drug-likeness (QED) is 0.235. The Morgan fingerprint density at radius 3 is 2.31 bits per heavy atom. The minimum Gasteiger partial charge on any atom is -0.352 e. The van der Waals surface area contributed by atoms with E-state index >= 15 is 0 Å².